The molecule has 2 atom stereocenters. The normalized spacial score (nSPS) is 23.6. The SMILES string of the molecule is CC(C)c1cc(Br)cc(C2CC(C(=O)O)CN2)c1. The van der Waals surface area contributed by atoms with Gasteiger partial charge in [-0.15, -0.1) is 0 Å². The summed E-state index contributed by atoms with van der Waals surface area (Å²) >= 11 is 3.53. The zero-order valence-electron chi connectivity index (χ0n) is 10.6. The summed E-state index contributed by atoms with van der Waals surface area (Å²) in [7, 11) is 0. The first-order valence-electron chi connectivity index (χ1n) is 6.24. The lowest BCUT2D eigenvalue weighted by atomic mass is 9.95. The van der Waals surface area contributed by atoms with Gasteiger partial charge in [-0.25, -0.2) is 0 Å². The first kappa shape index (κ1) is 13.6. The molecular formula is C14H18BrNO2. The third-order valence-corrected chi connectivity index (χ3v) is 3.95. The van der Waals surface area contributed by atoms with E-state index in [0.29, 0.717) is 18.9 Å². The van der Waals surface area contributed by atoms with Gasteiger partial charge in [-0.1, -0.05) is 35.8 Å². The molecule has 0 saturated carbocycles. The maximum absolute atomic E-state index is 11.0. The molecule has 1 aromatic rings. The minimum Gasteiger partial charge on any atom is -0.481 e. The van der Waals surface area contributed by atoms with Crippen molar-refractivity contribution in [2.45, 2.75) is 32.2 Å². The van der Waals surface area contributed by atoms with E-state index in [9.17, 15) is 4.79 Å². The molecule has 18 heavy (non-hydrogen) atoms. The molecule has 1 heterocycles. The van der Waals surface area contributed by atoms with Gasteiger partial charge in [-0.3, -0.25) is 4.79 Å². The standard InChI is InChI=1S/C14H18BrNO2/c1-8(2)9-3-10(5-12(15)4-9)13-6-11(7-16-13)14(17)18/h3-5,8,11,13,16H,6-7H2,1-2H3,(H,17,18). The van der Waals surface area contributed by atoms with Crippen molar-refractivity contribution >= 4 is 21.9 Å². The summed E-state index contributed by atoms with van der Waals surface area (Å²) in [6.45, 7) is 4.88. The van der Waals surface area contributed by atoms with Crippen LogP contribution in [0.3, 0.4) is 0 Å². The number of carbonyl (C=O) groups is 1. The van der Waals surface area contributed by atoms with Gasteiger partial charge in [0.1, 0.15) is 0 Å². The monoisotopic (exact) mass is 311 g/mol. The number of aliphatic carboxylic acids is 1. The Morgan fingerprint density at radius 2 is 2.17 bits per heavy atom. The lowest BCUT2D eigenvalue weighted by molar-refractivity contribution is -0.141. The van der Waals surface area contributed by atoms with Crippen molar-refractivity contribution in [3.8, 4) is 0 Å². The van der Waals surface area contributed by atoms with Crippen molar-refractivity contribution in [2.75, 3.05) is 6.54 Å². The molecule has 0 aromatic heterocycles. The van der Waals surface area contributed by atoms with Crippen molar-refractivity contribution in [3.63, 3.8) is 0 Å². The fourth-order valence-corrected chi connectivity index (χ4v) is 2.88. The van der Waals surface area contributed by atoms with E-state index in [1.165, 1.54) is 11.1 Å². The molecule has 2 N–H and O–H groups in total. The Hall–Kier alpha value is -0.870. The largest absolute Gasteiger partial charge is 0.481 e. The van der Waals surface area contributed by atoms with Crippen LogP contribution < -0.4 is 5.32 Å². The Labute approximate surface area is 116 Å². The van der Waals surface area contributed by atoms with Crippen LogP contribution in [0.5, 0.6) is 0 Å². The molecule has 1 aromatic carbocycles. The van der Waals surface area contributed by atoms with Crippen LogP contribution in [0.25, 0.3) is 0 Å². The molecule has 1 aliphatic rings. The van der Waals surface area contributed by atoms with Crippen LogP contribution in [-0.4, -0.2) is 17.6 Å². The lowest BCUT2D eigenvalue weighted by Crippen LogP contribution is -2.17. The third kappa shape index (κ3) is 2.93. The van der Waals surface area contributed by atoms with Crippen LogP contribution in [0.15, 0.2) is 22.7 Å². The minimum absolute atomic E-state index is 0.154. The summed E-state index contributed by atoms with van der Waals surface area (Å²) in [5, 5.41) is 12.3. The quantitative estimate of drug-likeness (QED) is 0.900. The summed E-state index contributed by atoms with van der Waals surface area (Å²) in [5.74, 6) is -0.501. The summed E-state index contributed by atoms with van der Waals surface area (Å²) in [4.78, 5) is 11.0. The molecule has 0 radical (unpaired) electrons. The van der Waals surface area contributed by atoms with Gasteiger partial charge in [-0.2, -0.15) is 0 Å². The Morgan fingerprint density at radius 3 is 2.72 bits per heavy atom. The van der Waals surface area contributed by atoms with Gasteiger partial charge in [0.25, 0.3) is 0 Å². The van der Waals surface area contributed by atoms with Crippen LogP contribution >= 0.6 is 15.9 Å². The second kappa shape index (κ2) is 5.41. The highest BCUT2D eigenvalue weighted by atomic mass is 79.9. The van der Waals surface area contributed by atoms with Crippen LogP contribution in [0, 0.1) is 5.92 Å². The van der Waals surface area contributed by atoms with Crippen molar-refractivity contribution in [2.24, 2.45) is 5.92 Å². The third-order valence-electron chi connectivity index (χ3n) is 3.49. The molecule has 1 fully saturated rings. The second-order valence-electron chi connectivity index (χ2n) is 5.20. The fourth-order valence-electron chi connectivity index (χ4n) is 2.35. The topological polar surface area (TPSA) is 49.3 Å². The van der Waals surface area contributed by atoms with E-state index in [1.54, 1.807) is 0 Å². The number of nitrogens with one attached hydrogen (secondary N) is 1. The van der Waals surface area contributed by atoms with Crippen molar-refractivity contribution in [1.82, 2.24) is 5.32 Å². The number of hydrogen-bond acceptors (Lipinski definition) is 2. The minimum atomic E-state index is -0.705. The van der Waals surface area contributed by atoms with Crippen molar-refractivity contribution in [3.05, 3.63) is 33.8 Å². The molecule has 98 valence electrons. The number of rotatable bonds is 3. The predicted molar refractivity (Wildman–Crippen MR) is 74.7 cm³/mol. The van der Waals surface area contributed by atoms with E-state index in [-0.39, 0.29) is 12.0 Å². The molecule has 3 nitrogen and oxygen atoms in total. The molecule has 0 bridgehead atoms. The zero-order chi connectivity index (χ0) is 13.3. The first-order chi connectivity index (χ1) is 8.47. The Kier molecular flexibility index (Phi) is 4.07. The average Bonchev–Trinajstić information content (AvgIpc) is 2.77. The second-order valence-corrected chi connectivity index (χ2v) is 6.12. The number of carboxylic acids is 1. The van der Waals surface area contributed by atoms with Crippen LogP contribution in [0.2, 0.25) is 0 Å². The molecule has 1 saturated heterocycles. The Balaban J connectivity index is 2.21. The van der Waals surface area contributed by atoms with Crippen LogP contribution in [0.1, 0.15) is 43.4 Å². The summed E-state index contributed by atoms with van der Waals surface area (Å²) < 4.78 is 1.06. The maximum Gasteiger partial charge on any atom is 0.307 e. The smallest absolute Gasteiger partial charge is 0.307 e. The van der Waals surface area contributed by atoms with Gasteiger partial charge in [0.05, 0.1) is 5.92 Å². The molecule has 2 rings (SSSR count). The number of carboxylic acid groups (broad SMARTS) is 1. The Morgan fingerprint density at radius 1 is 1.44 bits per heavy atom. The highest BCUT2D eigenvalue weighted by Gasteiger charge is 2.30. The summed E-state index contributed by atoms with van der Waals surface area (Å²) in [6, 6.07) is 6.53. The van der Waals surface area contributed by atoms with Gasteiger partial charge < -0.3 is 10.4 Å². The highest BCUT2D eigenvalue weighted by Crippen LogP contribution is 2.31. The summed E-state index contributed by atoms with van der Waals surface area (Å²) in [5.41, 5.74) is 2.46. The van der Waals surface area contributed by atoms with E-state index in [2.05, 4.69) is 53.3 Å². The Bertz CT molecular complexity index is 459. The van der Waals surface area contributed by atoms with Gasteiger partial charge >= 0.3 is 5.97 Å². The molecule has 0 spiro atoms. The average molecular weight is 312 g/mol. The van der Waals surface area contributed by atoms with Gasteiger partial charge in [0.2, 0.25) is 0 Å². The molecule has 2 unspecified atom stereocenters. The number of halogens is 1. The highest BCUT2D eigenvalue weighted by molar-refractivity contribution is 9.10. The number of hydrogen-bond donors (Lipinski definition) is 2. The van der Waals surface area contributed by atoms with E-state index < -0.39 is 5.97 Å². The van der Waals surface area contributed by atoms with E-state index in [1.807, 2.05) is 0 Å². The first-order valence-corrected chi connectivity index (χ1v) is 7.03. The lowest BCUT2D eigenvalue weighted by Gasteiger charge is -2.15. The zero-order valence-corrected chi connectivity index (χ0v) is 12.2. The molecule has 4 heteroatoms. The molecule has 1 aliphatic heterocycles. The van der Waals surface area contributed by atoms with Crippen LogP contribution in [0.4, 0.5) is 0 Å². The van der Waals surface area contributed by atoms with E-state index >= 15 is 0 Å². The van der Waals surface area contributed by atoms with E-state index in [0.717, 1.165) is 4.47 Å². The fraction of sp³-hybridized carbons (Fsp3) is 0.500. The predicted octanol–water partition coefficient (Wildman–Crippen LogP) is 3.31. The molecule has 0 amide bonds. The van der Waals surface area contributed by atoms with Gasteiger partial charge in [0, 0.05) is 17.1 Å². The molecular weight excluding hydrogens is 294 g/mol. The van der Waals surface area contributed by atoms with Crippen molar-refractivity contribution in [1.29, 1.82) is 0 Å². The van der Waals surface area contributed by atoms with Crippen molar-refractivity contribution < 1.29 is 9.90 Å². The van der Waals surface area contributed by atoms with E-state index in [4.69, 9.17) is 5.11 Å². The van der Waals surface area contributed by atoms with Crippen LogP contribution in [-0.2, 0) is 4.79 Å². The number of benzene rings is 1. The maximum atomic E-state index is 11.0. The van der Waals surface area contributed by atoms with Gasteiger partial charge in [0.15, 0.2) is 0 Å². The molecule has 0 aliphatic carbocycles. The summed E-state index contributed by atoms with van der Waals surface area (Å²) in [6.07, 6.45) is 0.670. The van der Waals surface area contributed by atoms with Gasteiger partial charge in [-0.05, 0) is 35.6 Å².